The molecule has 3 heterocycles. The fourth-order valence-corrected chi connectivity index (χ4v) is 3.74. The van der Waals surface area contributed by atoms with Crippen LogP contribution >= 0.6 is 0 Å². The Hall–Kier alpha value is -2.92. The van der Waals surface area contributed by atoms with Crippen LogP contribution in [0.25, 0.3) is 11.2 Å². The van der Waals surface area contributed by atoms with E-state index in [-0.39, 0.29) is 48.6 Å². The summed E-state index contributed by atoms with van der Waals surface area (Å²) in [5, 5.41) is 15.3. The number of hydrogen-bond acceptors (Lipinski definition) is 7. The molecule has 2 aromatic heterocycles. The molecule has 0 spiro atoms. The molecule has 11 heteroatoms. The smallest absolute Gasteiger partial charge is 0.224 e. The van der Waals surface area contributed by atoms with E-state index in [2.05, 4.69) is 25.6 Å². The molecule has 170 valence electrons. The predicted octanol–water partition coefficient (Wildman–Crippen LogP) is 3.66. The molecule has 2 aliphatic rings. The number of benzene rings is 1. The average molecular weight is 452 g/mol. The summed E-state index contributed by atoms with van der Waals surface area (Å²) in [6, 6.07) is -1.12. The van der Waals surface area contributed by atoms with E-state index < -0.39 is 48.0 Å². The van der Waals surface area contributed by atoms with Crippen LogP contribution in [0.4, 0.5) is 30.8 Å². The number of imidazole rings is 1. The number of fused-ring (bicyclic) bond motifs is 1. The SMILES string of the molecule is [2H]C1CC([2H])(O)CC([2H])C1([2H])Nc1ncc2nc(Nc3c(F)cc(F)cc3F)n(C3CCOC3)c2n1. The Kier molecular flexibility index (Phi) is 4.45. The molecule has 1 aromatic carbocycles. The molecule has 5 rings (SSSR count). The Morgan fingerprint density at radius 1 is 1.16 bits per heavy atom. The monoisotopic (exact) mass is 452 g/mol. The topological polar surface area (TPSA) is 97.1 Å². The maximum atomic E-state index is 14.3. The van der Waals surface area contributed by atoms with E-state index in [1.165, 1.54) is 6.20 Å². The van der Waals surface area contributed by atoms with Gasteiger partial charge in [0, 0.05) is 27.5 Å². The number of aliphatic hydroxyl groups is 1. The van der Waals surface area contributed by atoms with E-state index >= 15 is 0 Å². The van der Waals surface area contributed by atoms with Crippen LogP contribution in [0.3, 0.4) is 0 Å². The van der Waals surface area contributed by atoms with Gasteiger partial charge in [-0.2, -0.15) is 4.98 Å². The maximum absolute atomic E-state index is 14.3. The Balaban J connectivity index is 1.54. The summed E-state index contributed by atoms with van der Waals surface area (Å²) in [5.41, 5.74) is -0.0960. The van der Waals surface area contributed by atoms with Gasteiger partial charge in [0.1, 0.15) is 17.0 Å². The number of nitrogens with zero attached hydrogens (tertiary/aromatic N) is 4. The van der Waals surface area contributed by atoms with E-state index in [4.69, 9.17) is 10.2 Å². The minimum absolute atomic E-state index is 0.0191. The molecule has 0 bridgehead atoms. The summed E-state index contributed by atoms with van der Waals surface area (Å²) in [6.07, 6.45) is -3.39. The van der Waals surface area contributed by atoms with Crippen LogP contribution in [0, 0.1) is 17.5 Å². The number of ether oxygens (including phenoxy) is 1. The number of aromatic nitrogens is 4. The average Bonchev–Trinajstić information content (AvgIpc) is 3.41. The molecule has 1 saturated heterocycles. The van der Waals surface area contributed by atoms with Gasteiger partial charge in [-0.3, -0.25) is 4.57 Å². The van der Waals surface area contributed by atoms with E-state index in [0.29, 0.717) is 25.2 Å². The second-order valence-electron chi connectivity index (χ2n) is 7.56. The highest BCUT2D eigenvalue weighted by Gasteiger charge is 2.27. The van der Waals surface area contributed by atoms with Gasteiger partial charge in [-0.15, -0.1) is 0 Å². The van der Waals surface area contributed by atoms with Gasteiger partial charge in [-0.1, -0.05) is 0 Å². The highest BCUT2D eigenvalue weighted by atomic mass is 19.1. The summed E-state index contributed by atoms with van der Waals surface area (Å²) in [4.78, 5) is 12.9. The molecular weight excluding hydrogens is 425 g/mol. The van der Waals surface area contributed by atoms with E-state index in [1.807, 2.05) is 0 Å². The van der Waals surface area contributed by atoms with Gasteiger partial charge in [0.15, 0.2) is 17.3 Å². The molecule has 1 aliphatic heterocycles. The summed E-state index contributed by atoms with van der Waals surface area (Å²) in [7, 11) is 0. The van der Waals surface area contributed by atoms with Crippen molar-refractivity contribution in [3.8, 4) is 0 Å². The zero-order chi connectivity index (χ0) is 25.8. The molecule has 3 N–H and O–H groups in total. The Bertz CT molecular complexity index is 1270. The summed E-state index contributed by atoms with van der Waals surface area (Å²) < 4.78 is 82.0. The van der Waals surface area contributed by atoms with Crippen molar-refractivity contribution in [2.75, 3.05) is 23.8 Å². The van der Waals surface area contributed by atoms with Gasteiger partial charge < -0.3 is 20.5 Å². The van der Waals surface area contributed by atoms with Gasteiger partial charge in [0.25, 0.3) is 0 Å². The van der Waals surface area contributed by atoms with Crippen LogP contribution in [0.5, 0.6) is 0 Å². The minimum Gasteiger partial charge on any atom is -0.393 e. The van der Waals surface area contributed by atoms with E-state index in [1.54, 1.807) is 4.57 Å². The third kappa shape index (κ3) is 4.09. The summed E-state index contributed by atoms with van der Waals surface area (Å²) in [6.45, 7) is 0.710. The molecule has 1 aliphatic carbocycles. The molecule has 8 nitrogen and oxygen atoms in total. The maximum Gasteiger partial charge on any atom is 0.224 e. The number of nitrogens with one attached hydrogen (secondary N) is 2. The fourth-order valence-electron chi connectivity index (χ4n) is 3.74. The second kappa shape index (κ2) is 8.55. The van der Waals surface area contributed by atoms with E-state index in [9.17, 15) is 18.3 Å². The van der Waals surface area contributed by atoms with Crippen LogP contribution in [0.2, 0.25) is 0 Å². The third-order valence-corrected chi connectivity index (χ3v) is 5.32. The lowest BCUT2D eigenvalue weighted by Crippen LogP contribution is -2.29. The summed E-state index contributed by atoms with van der Waals surface area (Å²) in [5.74, 6) is -3.43. The first kappa shape index (κ1) is 16.7. The normalized spacial score (nSPS) is 34.6. The number of hydrogen-bond donors (Lipinski definition) is 3. The van der Waals surface area contributed by atoms with Gasteiger partial charge in [0.2, 0.25) is 11.9 Å². The van der Waals surface area contributed by atoms with Gasteiger partial charge in [0.05, 0.1) is 27.7 Å². The molecule has 3 unspecified atom stereocenters. The van der Waals surface area contributed by atoms with Crippen LogP contribution in [0.15, 0.2) is 18.3 Å². The predicted molar refractivity (Wildman–Crippen MR) is 111 cm³/mol. The minimum atomic E-state index is -1.97. The first-order chi connectivity index (χ1) is 17.0. The van der Waals surface area contributed by atoms with Gasteiger partial charge in [-0.05, 0) is 32.1 Å². The third-order valence-electron chi connectivity index (χ3n) is 5.32. The highest BCUT2D eigenvalue weighted by Crippen LogP contribution is 2.32. The lowest BCUT2D eigenvalue weighted by molar-refractivity contribution is 0.126. The number of rotatable bonds is 5. The van der Waals surface area contributed by atoms with Crippen LogP contribution in [-0.2, 0) is 4.74 Å². The van der Waals surface area contributed by atoms with Crippen LogP contribution in [-0.4, -0.2) is 49.9 Å². The lowest BCUT2D eigenvalue weighted by atomic mass is 9.93. The Morgan fingerprint density at radius 2 is 1.91 bits per heavy atom. The van der Waals surface area contributed by atoms with Crippen molar-refractivity contribution >= 4 is 28.7 Å². The highest BCUT2D eigenvalue weighted by molar-refractivity contribution is 5.76. The Labute approximate surface area is 187 Å². The zero-order valence-corrected chi connectivity index (χ0v) is 16.8. The molecule has 2 fully saturated rings. The molecule has 1 saturated carbocycles. The van der Waals surface area contributed by atoms with Crippen molar-refractivity contribution in [2.24, 2.45) is 0 Å². The van der Waals surface area contributed by atoms with Crippen molar-refractivity contribution in [1.82, 2.24) is 19.5 Å². The van der Waals surface area contributed by atoms with Crippen LogP contribution < -0.4 is 10.6 Å². The van der Waals surface area contributed by atoms with Crippen molar-refractivity contribution in [2.45, 2.75) is 50.2 Å². The molecule has 3 atom stereocenters. The van der Waals surface area contributed by atoms with E-state index in [0.717, 1.165) is 0 Å². The molecule has 32 heavy (non-hydrogen) atoms. The molecule has 0 amide bonds. The molecule has 0 radical (unpaired) electrons. The first-order valence-corrected chi connectivity index (χ1v) is 10.1. The standard InChI is InChI=1S/C21H23F3N6O2/c22-11-7-15(23)18(16(24)8-11)28-21-27-17-9-25-20(26-12-1-3-14(31)4-2-12)29-19(17)30(21)13-5-6-32-10-13/h7-9,12-14,31H,1-6,10H2,(H,27,28)(H,25,26,29)/i1D,2D,12D,14D. The van der Waals surface area contributed by atoms with Crippen molar-refractivity contribution < 1.29 is 28.5 Å². The second-order valence-corrected chi connectivity index (χ2v) is 7.56. The quantitative estimate of drug-likeness (QED) is 0.544. The zero-order valence-electron chi connectivity index (χ0n) is 20.8. The first-order valence-electron chi connectivity index (χ1n) is 12.2. The van der Waals surface area contributed by atoms with Gasteiger partial charge in [-0.25, -0.2) is 23.1 Å². The Morgan fingerprint density at radius 3 is 2.59 bits per heavy atom. The van der Waals surface area contributed by atoms with Crippen molar-refractivity contribution in [3.63, 3.8) is 0 Å². The molecular formula is C21H23F3N6O2. The number of anilines is 3. The number of halogens is 3. The molecule has 3 aromatic rings. The van der Waals surface area contributed by atoms with Crippen LogP contribution in [0.1, 0.15) is 43.6 Å². The summed E-state index contributed by atoms with van der Waals surface area (Å²) >= 11 is 0. The van der Waals surface area contributed by atoms with Gasteiger partial charge >= 0.3 is 0 Å². The lowest BCUT2D eigenvalue weighted by Gasteiger charge is -2.26. The van der Waals surface area contributed by atoms with Crippen molar-refractivity contribution in [1.29, 1.82) is 0 Å². The largest absolute Gasteiger partial charge is 0.393 e. The fraction of sp³-hybridized carbons (Fsp3) is 0.476. The van der Waals surface area contributed by atoms with Crippen molar-refractivity contribution in [3.05, 3.63) is 35.8 Å².